The summed E-state index contributed by atoms with van der Waals surface area (Å²) < 4.78 is 20.1. The fraction of sp³-hybridized carbons (Fsp3) is 0.231. The summed E-state index contributed by atoms with van der Waals surface area (Å²) in [6.45, 7) is 1.94. The Morgan fingerprint density at radius 1 is 1.60 bits per heavy atom. The summed E-state index contributed by atoms with van der Waals surface area (Å²) >= 11 is 5.85. The second-order valence-corrected chi connectivity index (χ2v) is 5.04. The molecule has 0 spiro atoms. The fourth-order valence-corrected chi connectivity index (χ4v) is 2.67. The molecule has 2 aromatic heterocycles. The number of carbonyl (C=O) groups is 1. The molecule has 0 saturated carbocycles. The standard InChI is InChI=1S/C13H9ClFNO4/c1-5-4-20-12-10(14)7(15)3-16-8(17)2-6(13(18)19)9(5)11(12)16/h2-3,5H,4H2,1H3,(H,18,19)/t5-/m0/s1. The van der Waals surface area contributed by atoms with Crippen molar-refractivity contribution in [3.63, 3.8) is 0 Å². The van der Waals surface area contributed by atoms with Crippen molar-refractivity contribution in [2.75, 3.05) is 6.61 Å². The number of carboxylic acid groups (broad SMARTS) is 1. The first-order valence-corrected chi connectivity index (χ1v) is 6.23. The van der Waals surface area contributed by atoms with Crippen LogP contribution in [0.1, 0.15) is 28.8 Å². The van der Waals surface area contributed by atoms with E-state index in [2.05, 4.69) is 0 Å². The van der Waals surface area contributed by atoms with Crippen LogP contribution in [0.25, 0.3) is 5.52 Å². The van der Waals surface area contributed by atoms with Crippen LogP contribution in [0, 0.1) is 5.82 Å². The SMILES string of the molecule is C[C@H]1COc2c(Cl)c(F)cn3c(=O)cc(C(=O)O)c1c23. The van der Waals surface area contributed by atoms with Gasteiger partial charge in [-0.15, -0.1) is 0 Å². The van der Waals surface area contributed by atoms with Gasteiger partial charge < -0.3 is 9.84 Å². The largest absolute Gasteiger partial charge is 0.489 e. The van der Waals surface area contributed by atoms with E-state index in [4.69, 9.17) is 16.3 Å². The normalized spacial score (nSPS) is 17.1. The predicted octanol–water partition coefficient (Wildman–Crippen LogP) is 2.29. The lowest BCUT2D eigenvalue weighted by Crippen LogP contribution is -2.25. The van der Waals surface area contributed by atoms with E-state index in [0.29, 0.717) is 5.56 Å². The number of hydrogen-bond acceptors (Lipinski definition) is 3. The molecule has 0 radical (unpaired) electrons. The number of pyridine rings is 2. The van der Waals surface area contributed by atoms with Gasteiger partial charge in [0.15, 0.2) is 11.6 Å². The summed E-state index contributed by atoms with van der Waals surface area (Å²) in [5.41, 5.74) is -0.0920. The van der Waals surface area contributed by atoms with E-state index in [1.165, 1.54) is 0 Å². The zero-order chi connectivity index (χ0) is 14.6. The second-order valence-electron chi connectivity index (χ2n) is 4.67. The van der Waals surface area contributed by atoms with Gasteiger partial charge in [0.2, 0.25) is 0 Å². The van der Waals surface area contributed by atoms with Crippen molar-refractivity contribution < 1.29 is 19.0 Å². The lowest BCUT2D eigenvalue weighted by atomic mass is 9.93. The summed E-state index contributed by atoms with van der Waals surface area (Å²) in [7, 11) is 0. The van der Waals surface area contributed by atoms with E-state index in [9.17, 15) is 19.1 Å². The summed E-state index contributed by atoms with van der Waals surface area (Å²) in [5.74, 6) is -2.23. The van der Waals surface area contributed by atoms with Crippen molar-refractivity contribution >= 4 is 23.1 Å². The average Bonchev–Trinajstić information content (AvgIpc) is 2.39. The van der Waals surface area contributed by atoms with E-state index in [1.807, 2.05) is 0 Å². The summed E-state index contributed by atoms with van der Waals surface area (Å²) in [6.07, 6.45) is 0.944. The molecule has 20 heavy (non-hydrogen) atoms. The van der Waals surface area contributed by atoms with Gasteiger partial charge in [-0.25, -0.2) is 9.18 Å². The smallest absolute Gasteiger partial charge is 0.336 e. The molecule has 1 N–H and O–H groups in total. The first-order chi connectivity index (χ1) is 9.41. The van der Waals surface area contributed by atoms with E-state index in [-0.39, 0.29) is 34.4 Å². The molecule has 2 aromatic rings. The Morgan fingerprint density at radius 3 is 2.95 bits per heavy atom. The molecule has 104 valence electrons. The molecule has 0 saturated heterocycles. The van der Waals surface area contributed by atoms with Crippen molar-refractivity contribution in [1.82, 2.24) is 4.40 Å². The predicted molar refractivity (Wildman–Crippen MR) is 69.5 cm³/mol. The monoisotopic (exact) mass is 297 g/mol. The van der Waals surface area contributed by atoms with Crippen molar-refractivity contribution in [3.8, 4) is 5.75 Å². The maximum atomic E-state index is 13.7. The van der Waals surface area contributed by atoms with Gasteiger partial charge in [-0.3, -0.25) is 9.20 Å². The number of aromatic nitrogens is 1. The molecule has 1 aliphatic heterocycles. The van der Waals surface area contributed by atoms with Crippen LogP contribution >= 0.6 is 11.6 Å². The highest BCUT2D eigenvalue weighted by Crippen LogP contribution is 2.40. The van der Waals surface area contributed by atoms with E-state index in [1.54, 1.807) is 6.92 Å². The molecule has 3 rings (SSSR count). The first kappa shape index (κ1) is 12.9. The minimum atomic E-state index is -1.21. The van der Waals surface area contributed by atoms with Gasteiger partial charge in [-0.2, -0.15) is 0 Å². The molecular formula is C13H9ClFNO4. The lowest BCUT2D eigenvalue weighted by molar-refractivity contribution is 0.0694. The minimum Gasteiger partial charge on any atom is -0.489 e. The third-order valence-corrected chi connectivity index (χ3v) is 3.71. The molecule has 0 aliphatic carbocycles. The van der Waals surface area contributed by atoms with Crippen molar-refractivity contribution in [2.45, 2.75) is 12.8 Å². The van der Waals surface area contributed by atoms with Gasteiger partial charge in [0.05, 0.1) is 23.9 Å². The molecule has 3 heterocycles. The summed E-state index contributed by atoms with van der Waals surface area (Å²) in [6, 6.07) is 0.990. The lowest BCUT2D eigenvalue weighted by Gasteiger charge is -2.26. The Bertz CT molecular complexity index is 814. The Labute approximate surface area is 117 Å². The topological polar surface area (TPSA) is 68.0 Å². The number of hydrogen-bond donors (Lipinski definition) is 1. The van der Waals surface area contributed by atoms with Crippen molar-refractivity contribution in [2.24, 2.45) is 0 Å². The molecule has 0 amide bonds. The van der Waals surface area contributed by atoms with Crippen LogP contribution in [0.4, 0.5) is 4.39 Å². The third-order valence-electron chi connectivity index (χ3n) is 3.36. The van der Waals surface area contributed by atoms with Gasteiger partial charge in [0.1, 0.15) is 5.02 Å². The van der Waals surface area contributed by atoms with Gasteiger partial charge in [0, 0.05) is 17.5 Å². The summed E-state index contributed by atoms with van der Waals surface area (Å²) in [4.78, 5) is 23.3. The highest BCUT2D eigenvalue weighted by molar-refractivity contribution is 6.33. The zero-order valence-corrected chi connectivity index (χ0v) is 11.1. The van der Waals surface area contributed by atoms with Gasteiger partial charge >= 0.3 is 5.97 Å². The number of ether oxygens (including phenoxy) is 1. The molecule has 0 unspecified atom stereocenters. The Balaban J connectivity index is 2.60. The minimum absolute atomic E-state index is 0.0139. The fourth-order valence-electron chi connectivity index (χ4n) is 2.48. The molecule has 0 aromatic carbocycles. The van der Waals surface area contributed by atoms with Gasteiger partial charge in [-0.1, -0.05) is 18.5 Å². The third kappa shape index (κ3) is 1.61. The van der Waals surface area contributed by atoms with Crippen molar-refractivity contribution in [3.05, 3.63) is 44.6 Å². The van der Waals surface area contributed by atoms with Gasteiger partial charge in [-0.05, 0) is 0 Å². The molecule has 0 bridgehead atoms. The van der Waals surface area contributed by atoms with Gasteiger partial charge in [0.25, 0.3) is 5.56 Å². The number of aromatic carboxylic acids is 1. The van der Waals surface area contributed by atoms with Crippen LogP contribution in [-0.2, 0) is 0 Å². The summed E-state index contributed by atoms with van der Waals surface area (Å²) in [5, 5.41) is 8.99. The number of carboxylic acids is 1. The molecule has 7 heteroatoms. The molecule has 0 fully saturated rings. The maximum absolute atomic E-state index is 13.7. The van der Waals surface area contributed by atoms with Crippen molar-refractivity contribution in [1.29, 1.82) is 0 Å². The Morgan fingerprint density at radius 2 is 2.30 bits per heavy atom. The van der Waals surface area contributed by atoms with Crippen LogP contribution in [0.15, 0.2) is 17.1 Å². The Kier molecular flexibility index (Phi) is 2.72. The number of nitrogens with zero attached hydrogens (tertiary/aromatic N) is 1. The first-order valence-electron chi connectivity index (χ1n) is 5.85. The van der Waals surface area contributed by atoms with Crippen LogP contribution < -0.4 is 10.3 Å². The van der Waals surface area contributed by atoms with E-state index < -0.39 is 17.3 Å². The molecular weight excluding hydrogens is 289 g/mol. The van der Waals surface area contributed by atoms with Crippen LogP contribution in [0.5, 0.6) is 5.75 Å². The average molecular weight is 298 g/mol. The Hall–Kier alpha value is -2.08. The molecule has 1 atom stereocenters. The maximum Gasteiger partial charge on any atom is 0.336 e. The molecule has 1 aliphatic rings. The number of rotatable bonds is 1. The number of halogens is 2. The quantitative estimate of drug-likeness (QED) is 0.877. The van der Waals surface area contributed by atoms with E-state index >= 15 is 0 Å². The highest BCUT2D eigenvalue weighted by atomic mass is 35.5. The highest BCUT2D eigenvalue weighted by Gasteiger charge is 2.29. The van der Waals surface area contributed by atoms with Crippen LogP contribution in [0.3, 0.4) is 0 Å². The molecule has 5 nitrogen and oxygen atoms in total. The second kappa shape index (κ2) is 4.21. The van der Waals surface area contributed by atoms with Crippen LogP contribution in [-0.4, -0.2) is 22.1 Å². The zero-order valence-electron chi connectivity index (χ0n) is 10.3. The van der Waals surface area contributed by atoms with E-state index in [0.717, 1.165) is 16.7 Å². The van der Waals surface area contributed by atoms with Crippen LogP contribution in [0.2, 0.25) is 5.02 Å².